The number of benzene rings is 2. The SMILES string of the molecule is CCc1nc2cc(-c3ccc(NC(=O)c4c(F)cccc4F)nc3)c(C)cc2o1. The number of fused-ring (bicyclic) bond motifs is 1. The Morgan fingerprint density at radius 2 is 1.90 bits per heavy atom. The molecule has 29 heavy (non-hydrogen) atoms. The predicted molar refractivity (Wildman–Crippen MR) is 106 cm³/mol. The Hall–Kier alpha value is -3.61. The van der Waals surface area contributed by atoms with Gasteiger partial charge < -0.3 is 9.73 Å². The maximum Gasteiger partial charge on any atom is 0.262 e. The Morgan fingerprint density at radius 1 is 1.14 bits per heavy atom. The fraction of sp³-hybridized carbons (Fsp3) is 0.136. The van der Waals surface area contributed by atoms with Gasteiger partial charge >= 0.3 is 0 Å². The molecule has 0 radical (unpaired) electrons. The van der Waals surface area contributed by atoms with Crippen LogP contribution < -0.4 is 5.32 Å². The molecule has 2 aromatic heterocycles. The van der Waals surface area contributed by atoms with Crippen LogP contribution in [0.2, 0.25) is 0 Å². The molecule has 4 aromatic rings. The Balaban J connectivity index is 1.60. The van der Waals surface area contributed by atoms with Crippen molar-refractivity contribution in [2.45, 2.75) is 20.3 Å². The van der Waals surface area contributed by atoms with Crippen molar-refractivity contribution in [3.63, 3.8) is 0 Å². The molecule has 0 aliphatic heterocycles. The number of anilines is 1. The average molecular weight is 393 g/mol. The molecular formula is C22H17F2N3O2. The number of nitrogens with one attached hydrogen (secondary N) is 1. The van der Waals surface area contributed by atoms with Crippen molar-refractivity contribution in [2.24, 2.45) is 0 Å². The maximum absolute atomic E-state index is 13.8. The van der Waals surface area contributed by atoms with E-state index in [9.17, 15) is 13.6 Å². The van der Waals surface area contributed by atoms with Crippen molar-refractivity contribution in [1.29, 1.82) is 0 Å². The zero-order valence-electron chi connectivity index (χ0n) is 15.8. The monoisotopic (exact) mass is 393 g/mol. The van der Waals surface area contributed by atoms with Crippen LogP contribution in [0.3, 0.4) is 0 Å². The Kier molecular flexibility index (Phi) is 4.80. The molecule has 0 bridgehead atoms. The number of rotatable bonds is 4. The zero-order chi connectivity index (χ0) is 20.5. The van der Waals surface area contributed by atoms with Gasteiger partial charge in [0.15, 0.2) is 11.5 Å². The lowest BCUT2D eigenvalue weighted by atomic mass is 10.0. The maximum atomic E-state index is 13.8. The van der Waals surface area contributed by atoms with Gasteiger partial charge in [-0.1, -0.05) is 13.0 Å². The van der Waals surface area contributed by atoms with E-state index in [0.29, 0.717) is 12.3 Å². The lowest BCUT2D eigenvalue weighted by Gasteiger charge is -2.09. The van der Waals surface area contributed by atoms with Gasteiger partial charge in [0.2, 0.25) is 0 Å². The van der Waals surface area contributed by atoms with E-state index < -0.39 is 23.1 Å². The number of amides is 1. The number of hydrogen-bond donors (Lipinski definition) is 1. The molecule has 0 saturated heterocycles. The molecule has 1 amide bonds. The summed E-state index contributed by atoms with van der Waals surface area (Å²) < 4.78 is 33.2. The van der Waals surface area contributed by atoms with Crippen molar-refractivity contribution in [1.82, 2.24) is 9.97 Å². The van der Waals surface area contributed by atoms with Gasteiger partial charge in [0.1, 0.15) is 28.5 Å². The van der Waals surface area contributed by atoms with Gasteiger partial charge in [-0.05, 0) is 54.4 Å². The minimum absolute atomic E-state index is 0.190. The van der Waals surface area contributed by atoms with Gasteiger partial charge in [0.05, 0.1) is 0 Å². The second-order valence-corrected chi connectivity index (χ2v) is 6.58. The molecular weight excluding hydrogens is 376 g/mol. The molecule has 5 nitrogen and oxygen atoms in total. The van der Waals surface area contributed by atoms with E-state index in [1.165, 1.54) is 6.07 Å². The highest BCUT2D eigenvalue weighted by Gasteiger charge is 2.17. The number of nitrogens with zero attached hydrogens (tertiary/aromatic N) is 2. The van der Waals surface area contributed by atoms with Crippen LogP contribution in [0.1, 0.15) is 28.7 Å². The van der Waals surface area contributed by atoms with Gasteiger partial charge in [-0.25, -0.2) is 18.7 Å². The molecule has 0 unspecified atom stereocenters. The molecule has 2 aromatic carbocycles. The predicted octanol–water partition coefficient (Wildman–Crippen LogP) is 5.29. The fourth-order valence-electron chi connectivity index (χ4n) is 3.11. The third kappa shape index (κ3) is 3.59. The highest BCUT2D eigenvalue weighted by atomic mass is 19.1. The third-order valence-electron chi connectivity index (χ3n) is 4.59. The second kappa shape index (κ2) is 7.43. The van der Waals surface area contributed by atoms with Crippen LogP contribution >= 0.6 is 0 Å². The van der Waals surface area contributed by atoms with Crippen LogP contribution in [0.15, 0.2) is 53.1 Å². The summed E-state index contributed by atoms with van der Waals surface area (Å²) in [7, 11) is 0. The minimum atomic E-state index is -0.929. The molecule has 0 aliphatic rings. The van der Waals surface area contributed by atoms with E-state index in [-0.39, 0.29) is 5.82 Å². The number of pyridine rings is 1. The first-order valence-electron chi connectivity index (χ1n) is 9.08. The number of halogens is 2. The topological polar surface area (TPSA) is 68.0 Å². The first-order chi connectivity index (χ1) is 14.0. The minimum Gasteiger partial charge on any atom is -0.441 e. The standard InChI is InChI=1S/C22H17F2N3O2/c1-3-20-26-17-10-14(12(2)9-18(17)29-20)13-7-8-19(25-11-13)27-22(28)21-15(23)5-4-6-16(21)24/h4-11H,3H2,1-2H3,(H,25,27,28). The summed E-state index contributed by atoms with van der Waals surface area (Å²) in [4.78, 5) is 20.8. The van der Waals surface area contributed by atoms with Crippen LogP contribution in [0, 0.1) is 18.6 Å². The number of carbonyl (C=O) groups is 1. The summed E-state index contributed by atoms with van der Waals surface area (Å²) in [5, 5.41) is 2.42. The second-order valence-electron chi connectivity index (χ2n) is 6.58. The lowest BCUT2D eigenvalue weighted by molar-refractivity contribution is 0.101. The summed E-state index contributed by atoms with van der Waals surface area (Å²) in [6.07, 6.45) is 2.30. The number of oxazole rings is 1. The quantitative estimate of drug-likeness (QED) is 0.511. The van der Waals surface area contributed by atoms with Gasteiger partial charge in [0, 0.05) is 18.2 Å². The zero-order valence-corrected chi connectivity index (χ0v) is 15.8. The summed E-state index contributed by atoms with van der Waals surface area (Å²) in [6.45, 7) is 3.93. The first-order valence-corrected chi connectivity index (χ1v) is 9.08. The van der Waals surface area contributed by atoms with Crippen molar-refractivity contribution < 1.29 is 18.0 Å². The smallest absolute Gasteiger partial charge is 0.262 e. The molecule has 0 spiro atoms. The largest absolute Gasteiger partial charge is 0.441 e. The number of aromatic nitrogens is 2. The molecule has 1 N–H and O–H groups in total. The van der Waals surface area contributed by atoms with Crippen LogP contribution in [-0.4, -0.2) is 15.9 Å². The average Bonchev–Trinajstić information content (AvgIpc) is 3.10. The Bertz CT molecular complexity index is 1200. The molecule has 2 heterocycles. The molecule has 0 atom stereocenters. The van der Waals surface area contributed by atoms with E-state index >= 15 is 0 Å². The molecule has 0 fully saturated rings. The Labute approximate surface area is 165 Å². The fourth-order valence-corrected chi connectivity index (χ4v) is 3.11. The van der Waals surface area contributed by atoms with Gasteiger partial charge in [-0.15, -0.1) is 0 Å². The van der Waals surface area contributed by atoms with Crippen LogP contribution in [-0.2, 0) is 6.42 Å². The number of carbonyl (C=O) groups excluding carboxylic acids is 1. The number of aryl methyl sites for hydroxylation is 2. The van der Waals surface area contributed by atoms with Gasteiger partial charge in [-0.3, -0.25) is 4.79 Å². The first kappa shape index (κ1) is 18.7. The lowest BCUT2D eigenvalue weighted by Crippen LogP contribution is -2.16. The van der Waals surface area contributed by atoms with Gasteiger partial charge in [0.25, 0.3) is 5.91 Å². The van der Waals surface area contributed by atoms with Crippen molar-refractivity contribution in [3.05, 3.63) is 77.3 Å². The molecule has 0 saturated carbocycles. The summed E-state index contributed by atoms with van der Waals surface area (Å²) >= 11 is 0. The summed E-state index contributed by atoms with van der Waals surface area (Å²) in [5.41, 5.74) is 3.59. The Morgan fingerprint density at radius 3 is 2.55 bits per heavy atom. The van der Waals surface area contributed by atoms with Crippen LogP contribution in [0.4, 0.5) is 14.6 Å². The highest BCUT2D eigenvalue weighted by Crippen LogP contribution is 2.29. The normalized spacial score (nSPS) is 11.0. The van der Waals surface area contributed by atoms with Gasteiger partial charge in [-0.2, -0.15) is 0 Å². The van der Waals surface area contributed by atoms with Crippen LogP contribution in [0.25, 0.3) is 22.2 Å². The number of hydrogen-bond acceptors (Lipinski definition) is 4. The van der Waals surface area contributed by atoms with Crippen molar-refractivity contribution in [2.75, 3.05) is 5.32 Å². The van der Waals surface area contributed by atoms with E-state index in [0.717, 1.165) is 39.9 Å². The van der Waals surface area contributed by atoms with E-state index in [4.69, 9.17) is 4.42 Å². The van der Waals surface area contributed by atoms with Crippen LogP contribution in [0.5, 0.6) is 0 Å². The molecule has 146 valence electrons. The van der Waals surface area contributed by atoms with Crippen molar-refractivity contribution in [3.8, 4) is 11.1 Å². The van der Waals surface area contributed by atoms with E-state index in [1.807, 2.05) is 26.0 Å². The van der Waals surface area contributed by atoms with E-state index in [1.54, 1.807) is 18.3 Å². The summed E-state index contributed by atoms with van der Waals surface area (Å²) in [5.74, 6) is -1.89. The van der Waals surface area contributed by atoms with E-state index in [2.05, 4.69) is 15.3 Å². The third-order valence-corrected chi connectivity index (χ3v) is 4.59. The molecule has 7 heteroatoms. The molecule has 4 rings (SSSR count). The van der Waals surface area contributed by atoms with Crippen molar-refractivity contribution >= 4 is 22.8 Å². The summed E-state index contributed by atoms with van der Waals surface area (Å²) in [6, 6.07) is 10.5. The highest BCUT2D eigenvalue weighted by molar-refractivity contribution is 6.04. The molecule has 0 aliphatic carbocycles.